The summed E-state index contributed by atoms with van der Waals surface area (Å²) in [5.41, 5.74) is 4.82. The highest BCUT2D eigenvalue weighted by atomic mass is 32.2. The Balaban J connectivity index is 2.69. The topological polar surface area (TPSA) is 85.8 Å². The highest BCUT2D eigenvalue weighted by Crippen LogP contribution is 2.27. The molecule has 0 aliphatic carbocycles. The molecule has 1 aromatic heterocycles. The summed E-state index contributed by atoms with van der Waals surface area (Å²) >= 11 is 1.59. The number of carbonyl (C=O) groups excluding carboxylic acids is 1. The van der Waals surface area contributed by atoms with Crippen LogP contribution in [0.4, 0.5) is 0 Å². The van der Waals surface area contributed by atoms with Gasteiger partial charge in [-0.1, -0.05) is 18.7 Å². The van der Waals surface area contributed by atoms with Crippen LogP contribution in [0.25, 0.3) is 0 Å². The van der Waals surface area contributed by atoms with E-state index in [9.17, 15) is 4.79 Å². The minimum atomic E-state index is -0.709. The van der Waals surface area contributed by atoms with Crippen LogP contribution < -0.4 is 11.1 Å². The fraction of sp³-hybridized carbons (Fsp3) is 0.750. The molecule has 108 valence electrons. The number of aryl methyl sites for hydroxylation is 1. The highest BCUT2D eigenvalue weighted by Gasteiger charge is 2.33. The Labute approximate surface area is 118 Å². The SMILES string of the molecule is CC(C)NC(C)(CC(C)Sc1nncn1C)C(N)=O. The monoisotopic (exact) mass is 285 g/mol. The zero-order valence-corrected chi connectivity index (χ0v) is 13.0. The van der Waals surface area contributed by atoms with Crippen molar-refractivity contribution in [2.75, 3.05) is 0 Å². The van der Waals surface area contributed by atoms with Gasteiger partial charge in [0, 0.05) is 18.3 Å². The predicted octanol–water partition coefficient (Wildman–Crippen LogP) is 0.928. The summed E-state index contributed by atoms with van der Waals surface area (Å²) in [5.74, 6) is -0.327. The molecule has 0 aliphatic rings. The van der Waals surface area contributed by atoms with Crippen molar-refractivity contribution >= 4 is 17.7 Å². The van der Waals surface area contributed by atoms with Crippen molar-refractivity contribution in [1.29, 1.82) is 0 Å². The summed E-state index contributed by atoms with van der Waals surface area (Å²) in [5, 5.41) is 12.2. The Morgan fingerprint density at radius 3 is 2.63 bits per heavy atom. The average Bonchev–Trinajstić information content (AvgIpc) is 2.62. The predicted molar refractivity (Wildman–Crippen MR) is 76.8 cm³/mol. The third kappa shape index (κ3) is 4.50. The number of hydrogen-bond acceptors (Lipinski definition) is 5. The number of nitrogens with one attached hydrogen (secondary N) is 1. The molecule has 0 bridgehead atoms. The van der Waals surface area contributed by atoms with E-state index in [1.165, 1.54) is 0 Å². The van der Waals surface area contributed by atoms with Gasteiger partial charge in [-0.15, -0.1) is 10.2 Å². The van der Waals surface area contributed by atoms with E-state index in [1.807, 2.05) is 32.4 Å². The zero-order chi connectivity index (χ0) is 14.6. The minimum absolute atomic E-state index is 0.199. The number of rotatable bonds is 7. The molecule has 6 nitrogen and oxygen atoms in total. The molecule has 1 heterocycles. The van der Waals surface area contributed by atoms with Gasteiger partial charge in [-0.3, -0.25) is 4.79 Å². The van der Waals surface area contributed by atoms with Crippen LogP contribution in [0.3, 0.4) is 0 Å². The first-order valence-corrected chi connectivity index (χ1v) is 7.21. The molecule has 7 heteroatoms. The second-order valence-electron chi connectivity index (χ2n) is 5.35. The lowest BCUT2D eigenvalue weighted by molar-refractivity contribution is -0.124. The number of hydrogen-bond donors (Lipinski definition) is 2. The number of nitrogens with zero attached hydrogens (tertiary/aromatic N) is 3. The molecule has 19 heavy (non-hydrogen) atoms. The van der Waals surface area contributed by atoms with Gasteiger partial charge in [0.2, 0.25) is 5.91 Å². The first-order valence-electron chi connectivity index (χ1n) is 6.33. The maximum Gasteiger partial charge on any atom is 0.237 e. The average molecular weight is 285 g/mol. The quantitative estimate of drug-likeness (QED) is 0.728. The fourth-order valence-electron chi connectivity index (χ4n) is 2.04. The number of nitrogens with two attached hydrogens (primary N) is 1. The Morgan fingerprint density at radius 1 is 1.58 bits per heavy atom. The molecule has 0 saturated heterocycles. The summed E-state index contributed by atoms with van der Waals surface area (Å²) in [6, 6.07) is 0.199. The molecule has 0 spiro atoms. The van der Waals surface area contributed by atoms with Gasteiger partial charge < -0.3 is 15.6 Å². The van der Waals surface area contributed by atoms with Gasteiger partial charge >= 0.3 is 0 Å². The molecular weight excluding hydrogens is 262 g/mol. The number of amides is 1. The maximum absolute atomic E-state index is 11.7. The van der Waals surface area contributed by atoms with Gasteiger partial charge in [-0.05, 0) is 27.2 Å². The minimum Gasteiger partial charge on any atom is -0.368 e. The number of primary amides is 1. The van der Waals surface area contributed by atoms with Gasteiger partial charge in [0.1, 0.15) is 6.33 Å². The highest BCUT2D eigenvalue weighted by molar-refractivity contribution is 7.99. The molecule has 2 unspecified atom stereocenters. The molecule has 2 atom stereocenters. The first-order chi connectivity index (χ1) is 8.74. The van der Waals surface area contributed by atoms with E-state index in [0.29, 0.717) is 6.42 Å². The van der Waals surface area contributed by atoms with Gasteiger partial charge in [-0.25, -0.2) is 0 Å². The second kappa shape index (κ2) is 6.38. The lowest BCUT2D eigenvalue weighted by atomic mass is 9.94. The lowest BCUT2D eigenvalue weighted by Crippen LogP contribution is -2.56. The smallest absolute Gasteiger partial charge is 0.237 e. The van der Waals surface area contributed by atoms with Crippen molar-refractivity contribution in [2.45, 2.75) is 56.1 Å². The summed E-state index contributed by atoms with van der Waals surface area (Å²) in [6.45, 7) is 7.91. The lowest BCUT2D eigenvalue weighted by Gasteiger charge is -2.31. The summed E-state index contributed by atoms with van der Waals surface area (Å²) < 4.78 is 1.86. The van der Waals surface area contributed by atoms with E-state index in [4.69, 9.17) is 5.73 Å². The van der Waals surface area contributed by atoms with E-state index in [2.05, 4.69) is 22.4 Å². The van der Waals surface area contributed by atoms with Gasteiger partial charge in [0.15, 0.2) is 5.16 Å². The van der Waals surface area contributed by atoms with Crippen LogP contribution in [-0.4, -0.2) is 37.5 Å². The molecule has 0 saturated carbocycles. The molecule has 0 radical (unpaired) electrons. The third-order valence-electron chi connectivity index (χ3n) is 2.82. The van der Waals surface area contributed by atoms with Gasteiger partial charge in [-0.2, -0.15) is 0 Å². The van der Waals surface area contributed by atoms with E-state index < -0.39 is 5.54 Å². The zero-order valence-electron chi connectivity index (χ0n) is 12.2. The van der Waals surface area contributed by atoms with Crippen molar-refractivity contribution in [2.24, 2.45) is 12.8 Å². The Hall–Kier alpha value is -1.08. The first kappa shape index (κ1) is 16.0. The van der Waals surface area contributed by atoms with Crippen LogP contribution in [0, 0.1) is 0 Å². The number of carbonyl (C=O) groups is 1. The molecule has 1 rings (SSSR count). The Kier molecular flexibility index (Phi) is 5.37. The molecular formula is C12H23N5OS. The molecule has 1 amide bonds. The van der Waals surface area contributed by atoms with Crippen LogP contribution >= 0.6 is 11.8 Å². The summed E-state index contributed by atoms with van der Waals surface area (Å²) in [7, 11) is 1.90. The normalized spacial score (nSPS) is 16.3. The van der Waals surface area contributed by atoms with Crippen LogP contribution in [0.15, 0.2) is 11.5 Å². The van der Waals surface area contributed by atoms with Crippen LogP contribution in [-0.2, 0) is 11.8 Å². The maximum atomic E-state index is 11.7. The number of thioether (sulfide) groups is 1. The Bertz CT molecular complexity index is 434. The standard InChI is InChI=1S/C12H23N5OS/c1-8(2)15-12(4,10(13)18)6-9(3)19-11-16-14-7-17(11)5/h7-9,15H,6H2,1-5H3,(H2,13,18). The van der Waals surface area contributed by atoms with Crippen molar-refractivity contribution in [3.63, 3.8) is 0 Å². The molecule has 3 N–H and O–H groups in total. The molecule has 0 fully saturated rings. The largest absolute Gasteiger partial charge is 0.368 e. The molecule has 0 aliphatic heterocycles. The third-order valence-corrected chi connectivity index (χ3v) is 3.97. The van der Waals surface area contributed by atoms with E-state index in [-0.39, 0.29) is 17.2 Å². The molecule has 1 aromatic rings. The van der Waals surface area contributed by atoms with Gasteiger partial charge in [0.05, 0.1) is 5.54 Å². The van der Waals surface area contributed by atoms with Crippen LogP contribution in [0.1, 0.15) is 34.1 Å². The van der Waals surface area contributed by atoms with E-state index in [1.54, 1.807) is 18.1 Å². The fourth-order valence-corrected chi connectivity index (χ4v) is 3.13. The van der Waals surface area contributed by atoms with Crippen LogP contribution in [0.5, 0.6) is 0 Å². The van der Waals surface area contributed by atoms with Gasteiger partial charge in [0.25, 0.3) is 0 Å². The summed E-state index contributed by atoms with van der Waals surface area (Å²) in [4.78, 5) is 11.7. The van der Waals surface area contributed by atoms with Crippen molar-refractivity contribution < 1.29 is 4.79 Å². The van der Waals surface area contributed by atoms with Crippen molar-refractivity contribution in [1.82, 2.24) is 20.1 Å². The Morgan fingerprint density at radius 2 is 2.21 bits per heavy atom. The van der Waals surface area contributed by atoms with Crippen molar-refractivity contribution in [3.05, 3.63) is 6.33 Å². The van der Waals surface area contributed by atoms with Crippen LogP contribution in [0.2, 0.25) is 0 Å². The van der Waals surface area contributed by atoms with Crippen molar-refractivity contribution in [3.8, 4) is 0 Å². The van der Waals surface area contributed by atoms with E-state index >= 15 is 0 Å². The molecule has 0 aromatic carbocycles. The summed E-state index contributed by atoms with van der Waals surface area (Å²) in [6.07, 6.45) is 2.30. The second-order valence-corrected chi connectivity index (χ2v) is 6.76. The van der Waals surface area contributed by atoms with E-state index in [0.717, 1.165) is 5.16 Å². The number of aromatic nitrogens is 3.